The Labute approximate surface area is 117 Å². The fourth-order valence-electron chi connectivity index (χ4n) is 1.75. The molecule has 0 fully saturated rings. The Hall–Kier alpha value is -1.87. The molecule has 2 aromatic rings. The lowest BCUT2D eigenvalue weighted by molar-refractivity contribution is 0.0802. The second kappa shape index (κ2) is 5.85. The van der Waals surface area contributed by atoms with Gasteiger partial charge >= 0.3 is 0 Å². The number of halogens is 1. The van der Waals surface area contributed by atoms with Crippen LogP contribution in [0, 0.1) is 0 Å². The number of nitrogens with zero attached hydrogens (tertiary/aromatic N) is 2. The molecular weight excluding hydrogens is 260 g/mol. The summed E-state index contributed by atoms with van der Waals surface area (Å²) in [5, 5.41) is 0.667. The van der Waals surface area contributed by atoms with E-state index >= 15 is 0 Å². The predicted octanol–water partition coefficient (Wildman–Crippen LogP) is 3.49. The van der Waals surface area contributed by atoms with Crippen molar-refractivity contribution < 1.29 is 4.79 Å². The molecule has 0 radical (unpaired) electrons. The first kappa shape index (κ1) is 13.6. The first-order valence-electron chi connectivity index (χ1n) is 6.08. The van der Waals surface area contributed by atoms with Crippen LogP contribution in [0.15, 0.2) is 42.7 Å². The minimum atomic E-state index is -0.0288. The van der Waals surface area contributed by atoms with E-state index in [0.29, 0.717) is 17.1 Å². The fourth-order valence-corrected chi connectivity index (χ4v) is 1.94. The van der Waals surface area contributed by atoms with Crippen molar-refractivity contribution in [3.05, 3.63) is 53.3 Å². The molecule has 0 atom stereocenters. The summed E-state index contributed by atoms with van der Waals surface area (Å²) >= 11 is 5.97. The molecule has 98 valence electrons. The molecular formula is C15H15ClN2O. The van der Waals surface area contributed by atoms with Gasteiger partial charge in [0, 0.05) is 36.6 Å². The minimum Gasteiger partial charge on any atom is -0.342 e. The van der Waals surface area contributed by atoms with Crippen LogP contribution in [0.25, 0.3) is 11.1 Å². The number of hydrogen-bond donors (Lipinski definition) is 0. The summed E-state index contributed by atoms with van der Waals surface area (Å²) in [5.41, 5.74) is 2.42. The third-order valence-corrected chi connectivity index (χ3v) is 3.20. The van der Waals surface area contributed by atoms with Gasteiger partial charge in [-0.05, 0) is 30.7 Å². The number of rotatable bonds is 3. The third-order valence-electron chi connectivity index (χ3n) is 2.96. The number of hydrogen-bond acceptors (Lipinski definition) is 2. The Kier molecular flexibility index (Phi) is 4.17. The number of aromatic nitrogens is 1. The molecule has 2 rings (SSSR count). The molecule has 0 saturated heterocycles. The van der Waals surface area contributed by atoms with E-state index in [1.165, 1.54) is 0 Å². The van der Waals surface area contributed by atoms with Gasteiger partial charge in [0.05, 0.1) is 5.56 Å². The van der Waals surface area contributed by atoms with Crippen molar-refractivity contribution in [3.8, 4) is 11.1 Å². The summed E-state index contributed by atoms with van der Waals surface area (Å²) < 4.78 is 0. The van der Waals surface area contributed by atoms with Crippen LogP contribution in [0.5, 0.6) is 0 Å². The van der Waals surface area contributed by atoms with E-state index in [1.54, 1.807) is 24.3 Å². The number of pyridine rings is 1. The number of carbonyl (C=O) groups excluding carboxylic acids is 1. The van der Waals surface area contributed by atoms with Crippen LogP contribution in [0.4, 0.5) is 0 Å². The van der Waals surface area contributed by atoms with E-state index in [0.717, 1.165) is 11.1 Å². The van der Waals surface area contributed by atoms with E-state index in [4.69, 9.17) is 11.6 Å². The number of carbonyl (C=O) groups is 1. The van der Waals surface area contributed by atoms with Gasteiger partial charge in [-0.15, -0.1) is 0 Å². The van der Waals surface area contributed by atoms with Crippen LogP contribution in [0.3, 0.4) is 0 Å². The van der Waals surface area contributed by atoms with E-state index < -0.39 is 0 Å². The van der Waals surface area contributed by atoms with Gasteiger partial charge in [0.1, 0.15) is 0 Å². The fraction of sp³-hybridized carbons (Fsp3) is 0.200. The molecule has 3 nitrogen and oxygen atoms in total. The molecule has 0 aliphatic carbocycles. The highest BCUT2D eigenvalue weighted by Crippen LogP contribution is 2.23. The number of amides is 1. The molecule has 0 unspecified atom stereocenters. The summed E-state index contributed by atoms with van der Waals surface area (Å²) in [6.45, 7) is 2.60. The first-order valence-corrected chi connectivity index (χ1v) is 6.46. The quantitative estimate of drug-likeness (QED) is 0.858. The highest BCUT2D eigenvalue weighted by atomic mass is 35.5. The van der Waals surface area contributed by atoms with Gasteiger partial charge in [-0.2, -0.15) is 0 Å². The van der Waals surface area contributed by atoms with Gasteiger partial charge in [0.25, 0.3) is 5.91 Å². The molecule has 19 heavy (non-hydrogen) atoms. The normalized spacial score (nSPS) is 10.3. The monoisotopic (exact) mass is 274 g/mol. The lowest BCUT2D eigenvalue weighted by Gasteiger charge is -2.14. The van der Waals surface area contributed by atoms with Crippen molar-refractivity contribution in [3.63, 3.8) is 0 Å². The summed E-state index contributed by atoms with van der Waals surface area (Å²) in [6, 6.07) is 9.34. The van der Waals surface area contributed by atoms with E-state index in [-0.39, 0.29) is 5.91 Å². The molecule has 0 aliphatic rings. The summed E-state index contributed by atoms with van der Waals surface area (Å²) in [7, 11) is 1.77. The van der Waals surface area contributed by atoms with Gasteiger partial charge in [0.15, 0.2) is 0 Å². The largest absolute Gasteiger partial charge is 0.342 e. The van der Waals surface area contributed by atoms with Gasteiger partial charge in [-0.1, -0.05) is 23.7 Å². The van der Waals surface area contributed by atoms with E-state index in [1.807, 2.05) is 37.3 Å². The number of benzene rings is 1. The van der Waals surface area contributed by atoms with Crippen molar-refractivity contribution in [2.45, 2.75) is 6.92 Å². The zero-order valence-electron chi connectivity index (χ0n) is 10.9. The molecule has 4 heteroatoms. The Morgan fingerprint density at radius 3 is 2.74 bits per heavy atom. The SMILES string of the molecule is CCN(C)C(=O)c1cncc(-c2cccc(Cl)c2)c1. The van der Waals surface area contributed by atoms with Gasteiger partial charge in [-0.3, -0.25) is 9.78 Å². The van der Waals surface area contributed by atoms with Crippen LogP contribution >= 0.6 is 11.6 Å². The maximum absolute atomic E-state index is 12.1. The Morgan fingerprint density at radius 1 is 1.26 bits per heavy atom. The highest BCUT2D eigenvalue weighted by molar-refractivity contribution is 6.30. The van der Waals surface area contributed by atoms with Crippen LogP contribution < -0.4 is 0 Å². The zero-order valence-corrected chi connectivity index (χ0v) is 11.7. The van der Waals surface area contributed by atoms with Crippen molar-refractivity contribution >= 4 is 17.5 Å². The van der Waals surface area contributed by atoms with Crippen molar-refractivity contribution in [1.29, 1.82) is 0 Å². The molecule has 0 bridgehead atoms. The second-order valence-corrected chi connectivity index (χ2v) is 4.73. The van der Waals surface area contributed by atoms with Crippen LogP contribution in [0.2, 0.25) is 5.02 Å². The Morgan fingerprint density at radius 2 is 2.05 bits per heavy atom. The summed E-state index contributed by atoms with van der Waals surface area (Å²) in [4.78, 5) is 17.9. The summed E-state index contributed by atoms with van der Waals surface area (Å²) in [6.07, 6.45) is 3.32. The van der Waals surface area contributed by atoms with Crippen LogP contribution in [-0.4, -0.2) is 29.4 Å². The summed E-state index contributed by atoms with van der Waals surface area (Å²) in [5.74, 6) is -0.0288. The van der Waals surface area contributed by atoms with Crippen LogP contribution in [-0.2, 0) is 0 Å². The highest BCUT2D eigenvalue weighted by Gasteiger charge is 2.11. The van der Waals surface area contributed by atoms with Crippen molar-refractivity contribution in [1.82, 2.24) is 9.88 Å². The molecule has 1 aromatic heterocycles. The van der Waals surface area contributed by atoms with E-state index in [2.05, 4.69) is 4.98 Å². The lowest BCUT2D eigenvalue weighted by atomic mass is 10.1. The van der Waals surface area contributed by atoms with Crippen molar-refractivity contribution in [2.75, 3.05) is 13.6 Å². The molecule has 0 N–H and O–H groups in total. The molecule has 0 spiro atoms. The molecule has 0 aliphatic heterocycles. The second-order valence-electron chi connectivity index (χ2n) is 4.29. The maximum Gasteiger partial charge on any atom is 0.255 e. The predicted molar refractivity (Wildman–Crippen MR) is 77.3 cm³/mol. The van der Waals surface area contributed by atoms with Gasteiger partial charge in [-0.25, -0.2) is 0 Å². The first-order chi connectivity index (χ1) is 9.11. The third kappa shape index (κ3) is 3.12. The zero-order chi connectivity index (χ0) is 13.8. The van der Waals surface area contributed by atoms with Crippen LogP contribution in [0.1, 0.15) is 17.3 Å². The average Bonchev–Trinajstić information content (AvgIpc) is 2.46. The minimum absolute atomic E-state index is 0.0288. The van der Waals surface area contributed by atoms with E-state index in [9.17, 15) is 4.79 Å². The lowest BCUT2D eigenvalue weighted by Crippen LogP contribution is -2.26. The average molecular weight is 275 g/mol. The van der Waals surface area contributed by atoms with Gasteiger partial charge < -0.3 is 4.90 Å². The molecule has 1 aromatic carbocycles. The topological polar surface area (TPSA) is 33.2 Å². The maximum atomic E-state index is 12.1. The Balaban J connectivity index is 2.37. The standard InChI is InChI=1S/C15H15ClN2O/c1-3-18(2)15(19)13-7-12(9-17-10-13)11-5-4-6-14(16)8-11/h4-10H,3H2,1-2H3. The smallest absolute Gasteiger partial charge is 0.255 e. The van der Waals surface area contributed by atoms with Gasteiger partial charge in [0.2, 0.25) is 0 Å². The van der Waals surface area contributed by atoms with Crippen molar-refractivity contribution in [2.24, 2.45) is 0 Å². The molecule has 1 heterocycles. The molecule has 1 amide bonds. The Bertz CT molecular complexity index is 598. The molecule has 0 saturated carbocycles.